The van der Waals surface area contributed by atoms with Crippen LogP contribution in [-0.4, -0.2) is 27.4 Å². The standard InChI is InChI=1S/C10H13F3N2O3S.ClH/c1-7(6-14)15-19(16,17)9-4-2-3-8(5-9)18-10(11,12)13;/h2-5,7,15H,6,14H2,1H3;1H/t7-;/m1./s1. The van der Waals surface area contributed by atoms with Crippen LogP contribution >= 0.6 is 12.4 Å². The van der Waals surface area contributed by atoms with Crippen LogP contribution in [0.2, 0.25) is 0 Å². The number of ether oxygens (including phenoxy) is 1. The Balaban J connectivity index is 0.00000361. The molecule has 0 unspecified atom stereocenters. The SMILES string of the molecule is C[C@H](CN)NS(=O)(=O)c1cccc(OC(F)(F)F)c1.Cl. The van der Waals surface area contributed by atoms with Gasteiger partial charge in [-0.1, -0.05) is 6.07 Å². The van der Waals surface area contributed by atoms with E-state index >= 15 is 0 Å². The lowest BCUT2D eigenvalue weighted by atomic mass is 10.3. The lowest BCUT2D eigenvalue weighted by molar-refractivity contribution is -0.274. The van der Waals surface area contributed by atoms with Crippen molar-refractivity contribution in [3.63, 3.8) is 0 Å². The molecule has 0 saturated carbocycles. The van der Waals surface area contributed by atoms with E-state index in [0.717, 1.165) is 24.3 Å². The fraction of sp³-hybridized carbons (Fsp3) is 0.400. The molecule has 0 saturated heterocycles. The number of nitrogens with two attached hydrogens (primary N) is 1. The molecule has 0 aliphatic heterocycles. The number of nitrogens with one attached hydrogen (secondary N) is 1. The largest absolute Gasteiger partial charge is 0.573 e. The van der Waals surface area contributed by atoms with Crippen molar-refractivity contribution < 1.29 is 26.3 Å². The maximum atomic E-state index is 12.0. The van der Waals surface area contributed by atoms with E-state index in [1.165, 1.54) is 6.92 Å². The molecule has 0 bridgehead atoms. The number of hydrogen-bond acceptors (Lipinski definition) is 4. The molecule has 1 atom stereocenters. The highest BCUT2D eigenvalue weighted by Crippen LogP contribution is 2.24. The molecule has 0 spiro atoms. The molecule has 0 heterocycles. The highest BCUT2D eigenvalue weighted by Gasteiger charge is 2.31. The van der Waals surface area contributed by atoms with Gasteiger partial charge in [0, 0.05) is 18.7 Å². The minimum Gasteiger partial charge on any atom is -0.406 e. The molecule has 3 N–H and O–H groups in total. The number of hydrogen-bond donors (Lipinski definition) is 2. The highest BCUT2D eigenvalue weighted by molar-refractivity contribution is 7.89. The number of benzene rings is 1. The molecule has 116 valence electrons. The second-order valence-corrected chi connectivity index (χ2v) is 5.49. The van der Waals surface area contributed by atoms with E-state index in [1.807, 2.05) is 0 Å². The predicted molar refractivity (Wildman–Crippen MR) is 69.2 cm³/mol. The fourth-order valence-corrected chi connectivity index (χ4v) is 2.51. The Morgan fingerprint density at radius 1 is 1.40 bits per heavy atom. The summed E-state index contributed by atoms with van der Waals surface area (Å²) in [7, 11) is -3.93. The Morgan fingerprint density at radius 2 is 2.00 bits per heavy atom. The van der Waals surface area contributed by atoms with E-state index in [0.29, 0.717) is 0 Å². The average Bonchev–Trinajstić information content (AvgIpc) is 2.26. The molecule has 1 aromatic rings. The van der Waals surface area contributed by atoms with Crippen molar-refractivity contribution in [2.45, 2.75) is 24.2 Å². The van der Waals surface area contributed by atoms with Crippen LogP contribution in [0.4, 0.5) is 13.2 Å². The molecule has 1 aromatic carbocycles. The van der Waals surface area contributed by atoms with Crippen molar-refractivity contribution >= 4 is 22.4 Å². The molecule has 0 radical (unpaired) electrons. The van der Waals surface area contributed by atoms with Gasteiger partial charge in [0.15, 0.2) is 0 Å². The second-order valence-electron chi connectivity index (χ2n) is 3.78. The van der Waals surface area contributed by atoms with Gasteiger partial charge in [-0.25, -0.2) is 13.1 Å². The molecule has 0 aliphatic rings. The van der Waals surface area contributed by atoms with E-state index in [4.69, 9.17) is 5.73 Å². The van der Waals surface area contributed by atoms with Gasteiger partial charge in [0.05, 0.1) is 4.90 Å². The van der Waals surface area contributed by atoms with Crippen LogP contribution in [-0.2, 0) is 10.0 Å². The smallest absolute Gasteiger partial charge is 0.406 e. The van der Waals surface area contributed by atoms with Crippen LogP contribution in [0.1, 0.15) is 6.92 Å². The van der Waals surface area contributed by atoms with Gasteiger partial charge in [-0.2, -0.15) is 0 Å². The third-order valence-electron chi connectivity index (χ3n) is 2.06. The summed E-state index contributed by atoms with van der Waals surface area (Å²) in [5.41, 5.74) is 5.27. The Labute approximate surface area is 120 Å². The monoisotopic (exact) mass is 334 g/mol. The Morgan fingerprint density at radius 3 is 2.50 bits per heavy atom. The summed E-state index contributed by atoms with van der Waals surface area (Å²) in [6.45, 7) is 1.60. The Kier molecular flexibility index (Phi) is 6.75. The third-order valence-corrected chi connectivity index (χ3v) is 3.65. The molecule has 0 fully saturated rings. The number of rotatable bonds is 5. The van der Waals surface area contributed by atoms with E-state index < -0.39 is 28.2 Å². The first-order valence-electron chi connectivity index (χ1n) is 5.22. The summed E-state index contributed by atoms with van der Waals surface area (Å²) in [4.78, 5) is -0.324. The van der Waals surface area contributed by atoms with Gasteiger partial charge >= 0.3 is 6.36 Å². The van der Waals surface area contributed by atoms with Gasteiger partial charge in [0.2, 0.25) is 10.0 Å². The predicted octanol–water partition coefficient (Wildman–Crippen LogP) is 1.63. The Bertz CT molecular complexity index is 537. The normalized spacial score (nSPS) is 13.4. The topological polar surface area (TPSA) is 81.4 Å². The fourth-order valence-electron chi connectivity index (χ4n) is 1.22. The van der Waals surface area contributed by atoms with Gasteiger partial charge in [-0.15, -0.1) is 25.6 Å². The van der Waals surface area contributed by atoms with Crippen LogP contribution in [0.3, 0.4) is 0 Å². The summed E-state index contributed by atoms with van der Waals surface area (Å²) in [6.07, 6.45) is -4.87. The second kappa shape index (κ2) is 7.11. The molecule has 1 rings (SSSR count). The summed E-state index contributed by atoms with van der Waals surface area (Å²) in [5.74, 6) is -0.601. The first kappa shape index (κ1) is 19.0. The summed E-state index contributed by atoms with van der Waals surface area (Å²) < 4.78 is 65.6. The number of sulfonamides is 1. The highest BCUT2D eigenvalue weighted by atomic mass is 35.5. The molecule has 0 amide bonds. The molecular formula is C10H14ClF3N2O3S. The molecule has 0 aliphatic carbocycles. The minimum atomic E-state index is -4.87. The first-order valence-corrected chi connectivity index (χ1v) is 6.70. The molecular weight excluding hydrogens is 321 g/mol. The maximum absolute atomic E-state index is 12.0. The van der Waals surface area contributed by atoms with Crippen LogP contribution in [0.25, 0.3) is 0 Å². The van der Waals surface area contributed by atoms with E-state index in [2.05, 4.69) is 9.46 Å². The van der Waals surface area contributed by atoms with Crippen molar-refractivity contribution in [1.82, 2.24) is 4.72 Å². The van der Waals surface area contributed by atoms with Crippen molar-refractivity contribution in [2.75, 3.05) is 6.54 Å². The molecule has 10 heteroatoms. The van der Waals surface area contributed by atoms with Gasteiger partial charge in [-0.05, 0) is 19.1 Å². The summed E-state index contributed by atoms with van der Waals surface area (Å²) in [5, 5.41) is 0. The van der Waals surface area contributed by atoms with Crippen LogP contribution in [0.15, 0.2) is 29.2 Å². The van der Waals surface area contributed by atoms with Gasteiger partial charge < -0.3 is 10.5 Å². The van der Waals surface area contributed by atoms with Gasteiger partial charge in [0.1, 0.15) is 5.75 Å². The lowest BCUT2D eigenvalue weighted by Crippen LogP contribution is -2.37. The van der Waals surface area contributed by atoms with E-state index in [1.54, 1.807) is 0 Å². The van der Waals surface area contributed by atoms with Crippen LogP contribution in [0, 0.1) is 0 Å². The minimum absolute atomic E-state index is 0. The van der Waals surface area contributed by atoms with Crippen molar-refractivity contribution in [3.8, 4) is 5.75 Å². The van der Waals surface area contributed by atoms with Crippen molar-refractivity contribution in [3.05, 3.63) is 24.3 Å². The lowest BCUT2D eigenvalue weighted by Gasteiger charge is -2.13. The zero-order valence-corrected chi connectivity index (χ0v) is 12.0. The zero-order chi connectivity index (χ0) is 14.7. The summed E-state index contributed by atoms with van der Waals surface area (Å²) in [6, 6.07) is 3.59. The van der Waals surface area contributed by atoms with Crippen molar-refractivity contribution in [1.29, 1.82) is 0 Å². The zero-order valence-electron chi connectivity index (χ0n) is 10.3. The van der Waals surface area contributed by atoms with Gasteiger partial charge in [0.25, 0.3) is 0 Å². The maximum Gasteiger partial charge on any atom is 0.573 e. The molecule has 5 nitrogen and oxygen atoms in total. The van der Waals surface area contributed by atoms with E-state index in [9.17, 15) is 21.6 Å². The van der Waals surface area contributed by atoms with Gasteiger partial charge in [-0.3, -0.25) is 0 Å². The average molecular weight is 335 g/mol. The van der Waals surface area contributed by atoms with Crippen LogP contribution < -0.4 is 15.2 Å². The number of halogens is 4. The van der Waals surface area contributed by atoms with Crippen molar-refractivity contribution in [2.24, 2.45) is 5.73 Å². The van der Waals surface area contributed by atoms with Crippen LogP contribution in [0.5, 0.6) is 5.75 Å². The Hall–Kier alpha value is -1.03. The third kappa shape index (κ3) is 5.95. The summed E-state index contributed by atoms with van der Waals surface area (Å²) >= 11 is 0. The molecule has 0 aromatic heterocycles. The quantitative estimate of drug-likeness (QED) is 0.857. The first-order chi connectivity index (χ1) is 8.64. The van der Waals surface area contributed by atoms with E-state index in [-0.39, 0.29) is 23.8 Å². The molecule has 20 heavy (non-hydrogen) atoms. The number of alkyl halides is 3.